The summed E-state index contributed by atoms with van der Waals surface area (Å²) in [4.78, 5) is 21.8. The van der Waals surface area contributed by atoms with Crippen molar-refractivity contribution in [3.63, 3.8) is 0 Å². The zero-order valence-corrected chi connectivity index (χ0v) is 10.6. The second kappa shape index (κ2) is 6.32. The van der Waals surface area contributed by atoms with Gasteiger partial charge < -0.3 is 11.1 Å². The van der Waals surface area contributed by atoms with Gasteiger partial charge in [-0.2, -0.15) is 0 Å². The SMILES string of the molecule is CC(CCN)C(=O)Nc1cc([N+](=O)[O-])ccc1Cl. The Morgan fingerprint density at radius 1 is 1.61 bits per heavy atom. The highest BCUT2D eigenvalue weighted by Gasteiger charge is 2.15. The minimum Gasteiger partial charge on any atom is -0.330 e. The molecule has 0 aliphatic rings. The number of nitrogens with one attached hydrogen (secondary N) is 1. The first kappa shape index (κ1) is 14.4. The van der Waals surface area contributed by atoms with Crippen molar-refractivity contribution >= 4 is 28.9 Å². The van der Waals surface area contributed by atoms with Crippen molar-refractivity contribution < 1.29 is 9.72 Å². The smallest absolute Gasteiger partial charge is 0.271 e. The number of non-ortho nitro benzene ring substituents is 1. The molecular weight excluding hydrogens is 258 g/mol. The largest absolute Gasteiger partial charge is 0.330 e. The molecule has 0 saturated heterocycles. The van der Waals surface area contributed by atoms with Crippen LogP contribution in [0.5, 0.6) is 0 Å². The van der Waals surface area contributed by atoms with Crippen LogP contribution in [0.2, 0.25) is 5.02 Å². The molecule has 1 amide bonds. The van der Waals surface area contributed by atoms with Crippen molar-refractivity contribution in [2.45, 2.75) is 13.3 Å². The van der Waals surface area contributed by atoms with Gasteiger partial charge in [0.2, 0.25) is 5.91 Å². The molecule has 0 fully saturated rings. The molecule has 1 aromatic carbocycles. The molecule has 0 bridgehead atoms. The van der Waals surface area contributed by atoms with E-state index in [-0.39, 0.29) is 28.2 Å². The first-order valence-corrected chi connectivity index (χ1v) is 5.78. The second-order valence-corrected chi connectivity index (χ2v) is 4.30. The molecular formula is C11H14ClN3O3. The van der Waals surface area contributed by atoms with Gasteiger partial charge >= 0.3 is 0 Å². The number of hydrogen-bond donors (Lipinski definition) is 2. The van der Waals surface area contributed by atoms with E-state index >= 15 is 0 Å². The molecule has 0 aromatic heterocycles. The number of nitro benzene ring substituents is 1. The fourth-order valence-electron chi connectivity index (χ4n) is 1.36. The molecule has 98 valence electrons. The summed E-state index contributed by atoms with van der Waals surface area (Å²) in [5, 5.41) is 13.4. The summed E-state index contributed by atoms with van der Waals surface area (Å²) >= 11 is 5.86. The number of anilines is 1. The first-order valence-electron chi connectivity index (χ1n) is 5.40. The third-order valence-electron chi connectivity index (χ3n) is 2.47. The van der Waals surface area contributed by atoms with E-state index < -0.39 is 4.92 Å². The minimum atomic E-state index is -0.546. The van der Waals surface area contributed by atoms with Crippen molar-refractivity contribution in [1.29, 1.82) is 0 Å². The van der Waals surface area contributed by atoms with E-state index in [4.69, 9.17) is 17.3 Å². The molecule has 0 heterocycles. The van der Waals surface area contributed by atoms with Crippen molar-refractivity contribution in [2.75, 3.05) is 11.9 Å². The Hall–Kier alpha value is -1.66. The molecule has 1 unspecified atom stereocenters. The average molecular weight is 272 g/mol. The van der Waals surface area contributed by atoms with E-state index in [1.165, 1.54) is 18.2 Å². The Morgan fingerprint density at radius 2 is 2.28 bits per heavy atom. The first-order chi connectivity index (χ1) is 8.45. The zero-order chi connectivity index (χ0) is 13.7. The van der Waals surface area contributed by atoms with Gasteiger partial charge in [-0.25, -0.2) is 0 Å². The Labute approximate surface area is 109 Å². The highest BCUT2D eigenvalue weighted by molar-refractivity contribution is 6.33. The number of carbonyl (C=O) groups is 1. The Kier molecular flexibility index (Phi) is 5.06. The molecule has 0 radical (unpaired) electrons. The van der Waals surface area contributed by atoms with Gasteiger partial charge in [0.15, 0.2) is 0 Å². The van der Waals surface area contributed by atoms with E-state index in [2.05, 4.69) is 5.32 Å². The molecule has 0 aliphatic heterocycles. The number of nitrogens with two attached hydrogens (primary N) is 1. The summed E-state index contributed by atoms with van der Waals surface area (Å²) in [6, 6.07) is 3.89. The predicted octanol–water partition coefficient (Wildman–Crippen LogP) is 2.17. The maximum absolute atomic E-state index is 11.7. The van der Waals surface area contributed by atoms with Gasteiger partial charge in [0, 0.05) is 18.1 Å². The number of benzene rings is 1. The fourth-order valence-corrected chi connectivity index (χ4v) is 1.52. The van der Waals surface area contributed by atoms with Crippen molar-refractivity contribution in [3.8, 4) is 0 Å². The van der Waals surface area contributed by atoms with Gasteiger partial charge in [-0.05, 0) is 19.0 Å². The van der Waals surface area contributed by atoms with Gasteiger partial charge in [-0.3, -0.25) is 14.9 Å². The summed E-state index contributed by atoms with van der Waals surface area (Å²) in [6.45, 7) is 2.13. The highest BCUT2D eigenvalue weighted by atomic mass is 35.5. The Morgan fingerprint density at radius 3 is 2.83 bits per heavy atom. The van der Waals surface area contributed by atoms with Crippen LogP contribution in [0.4, 0.5) is 11.4 Å². The van der Waals surface area contributed by atoms with Crippen molar-refractivity contribution in [3.05, 3.63) is 33.3 Å². The van der Waals surface area contributed by atoms with Crippen LogP contribution in [-0.4, -0.2) is 17.4 Å². The highest BCUT2D eigenvalue weighted by Crippen LogP contribution is 2.27. The predicted molar refractivity (Wildman–Crippen MR) is 69.6 cm³/mol. The van der Waals surface area contributed by atoms with E-state index in [9.17, 15) is 14.9 Å². The van der Waals surface area contributed by atoms with Gasteiger partial charge in [0.1, 0.15) is 0 Å². The number of halogens is 1. The standard InChI is InChI=1S/C11H14ClN3O3/c1-7(4-5-13)11(16)14-10-6-8(15(17)18)2-3-9(10)12/h2-3,6-7H,4-5,13H2,1H3,(H,14,16). The zero-order valence-electron chi connectivity index (χ0n) is 9.85. The van der Waals surface area contributed by atoms with Crippen molar-refractivity contribution in [1.82, 2.24) is 0 Å². The molecule has 3 N–H and O–H groups in total. The quantitative estimate of drug-likeness (QED) is 0.633. The molecule has 18 heavy (non-hydrogen) atoms. The number of hydrogen-bond acceptors (Lipinski definition) is 4. The monoisotopic (exact) mass is 271 g/mol. The van der Waals surface area contributed by atoms with E-state index in [1.54, 1.807) is 6.92 Å². The van der Waals surface area contributed by atoms with Crippen LogP contribution in [0.15, 0.2) is 18.2 Å². The second-order valence-electron chi connectivity index (χ2n) is 3.89. The molecule has 0 aliphatic carbocycles. The lowest BCUT2D eigenvalue weighted by Crippen LogP contribution is -2.22. The number of amides is 1. The molecule has 1 aromatic rings. The Bertz CT molecular complexity index is 465. The molecule has 0 saturated carbocycles. The number of rotatable bonds is 5. The van der Waals surface area contributed by atoms with E-state index in [1.807, 2.05) is 0 Å². The number of carbonyl (C=O) groups excluding carboxylic acids is 1. The van der Waals surface area contributed by atoms with Crippen molar-refractivity contribution in [2.24, 2.45) is 11.7 Å². The molecule has 1 rings (SSSR count). The van der Waals surface area contributed by atoms with Crippen LogP contribution in [-0.2, 0) is 4.79 Å². The maximum atomic E-state index is 11.7. The average Bonchev–Trinajstić information content (AvgIpc) is 2.31. The minimum absolute atomic E-state index is 0.124. The van der Waals surface area contributed by atoms with Gasteiger partial charge in [0.25, 0.3) is 5.69 Å². The van der Waals surface area contributed by atoms with Gasteiger partial charge in [-0.15, -0.1) is 0 Å². The molecule has 0 spiro atoms. The summed E-state index contributed by atoms with van der Waals surface area (Å²) in [7, 11) is 0. The van der Waals surface area contributed by atoms with Crippen LogP contribution < -0.4 is 11.1 Å². The van der Waals surface area contributed by atoms with Crippen LogP contribution >= 0.6 is 11.6 Å². The van der Waals surface area contributed by atoms with Crippen LogP contribution in [0.3, 0.4) is 0 Å². The third kappa shape index (κ3) is 3.68. The lowest BCUT2D eigenvalue weighted by molar-refractivity contribution is -0.384. The summed E-state index contributed by atoms with van der Waals surface area (Å²) in [5.41, 5.74) is 5.47. The molecule has 7 heteroatoms. The van der Waals surface area contributed by atoms with E-state index in [0.29, 0.717) is 13.0 Å². The summed E-state index contributed by atoms with van der Waals surface area (Å²) < 4.78 is 0. The number of nitrogens with zero attached hydrogens (tertiary/aromatic N) is 1. The van der Waals surface area contributed by atoms with E-state index in [0.717, 1.165) is 0 Å². The lowest BCUT2D eigenvalue weighted by atomic mass is 10.1. The van der Waals surface area contributed by atoms with Crippen LogP contribution in [0.25, 0.3) is 0 Å². The lowest BCUT2D eigenvalue weighted by Gasteiger charge is -2.11. The van der Waals surface area contributed by atoms with Crippen LogP contribution in [0, 0.1) is 16.0 Å². The number of nitro groups is 1. The molecule has 6 nitrogen and oxygen atoms in total. The van der Waals surface area contributed by atoms with Gasteiger partial charge in [-0.1, -0.05) is 18.5 Å². The summed E-state index contributed by atoms with van der Waals surface area (Å²) in [5.74, 6) is -0.534. The third-order valence-corrected chi connectivity index (χ3v) is 2.80. The maximum Gasteiger partial charge on any atom is 0.271 e. The summed E-state index contributed by atoms with van der Waals surface area (Å²) in [6.07, 6.45) is 0.540. The normalized spacial score (nSPS) is 11.9. The van der Waals surface area contributed by atoms with Crippen LogP contribution in [0.1, 0.15) is 13.3 Å². The topological polar surface area (TPSA) is 98.3 Å². The fraction of sp³-hybridized carbons (Fsp3) is 0.364. The Balaban J connectivity index is 2.86. The van der Waals surface area contributed by atoms with Gasteiger partial charge in [0.05, 0.1) is 15.6 Å². The molecule has 1 atom stereocenters.